The third-order valence-electron chi connectivity index (χ3n) is 3.81. The van der Waals surface area contributed by atoms with Gasteiger partial charge < -0.3 is 24.3 Å². The number of esters is 1. The van der Waals surface area contributed by atoms with Gasteiger partial charge in [0.15, 0.2) is 11.6 Å². The molecule has 6 nitrogen and oxygen atoms in total. The highest BCUT2D eigenvalue weighted by atomic mass is 19.1. The first-order valence-electron chi connectivity index (χ1n) is 8.42. The molecule has 2 rings (SSSR count). The van der Waals surface area contributed by atoms with Gasteiger partial charge in [-0.3, -0.25) is 0 Å². The number of benzene rings is 2. The van der Waals surface area contributed by atoms with Gasteiger partial charge in [-0.2, -0.15) is 0 Å². The molecule has 0 radical (unpaired) electrons. The number of nitrogens with one attached hydrogen (secondary N) is 1. The van der Waals surface area contributed by atoms with Crippen LogP contribution in [0.3, 0.4) is 0 Å². The molecule has 1 N–H and O–H groups in total. The molecule has 146 valence electrons. The van der Waals surface area contributed by atoms with Gasteiger partial charge in [-0.25, -0.2) is 9.18 Å². The smallest absolute Gasteiger partial charge is 0.340 e. The molecular formula is C20H24FNO5. The molecule has 0 saturated carbocycles. The van der Waals surface area contributed by atoms with E-state index in [1.165, 1.54) is 19.2 Å². The van der Waals surface area contributed by atoms with E-state index >= 15 is 0 Å². The van der Waals surface area contributed by atoms with E-state index in [0.29, 0.717) is 13.2 Å². The Balaban J connectivity index is 2.26. The molecule has 0 heterocycles. The Morgan fingerprint density at radius 2 is 1.74 bits per heavy atom. The number of carbonyl (C=O) groups excluding carboxylic acids is 1. The highest BCUT2D eigenvalue weighted by molar-refractivity contribution is 5.96. The zero-order chi connectivity index (χ0) is 19.6. The van der Waals surface area contributed by atoms with Crippen molar-refractivity contribution < 1.29 is 28.1 Å². The molecule has 0 bridgehead atoms. The van der Waals surface area contributed by atoms with E-state index in [0.717, 1.165) is 5.56 Å². The minimum Gasteiger partial charge on any atom is -0.486 e. The normalized spacial score (nSPS) is 10.7. The van der Waals surface area contributed by atoms with Gasteiger partial charge in [0.1, 0.15) is 6.61 Å². The van der Waals surface area contributed by atoms with Crippen molar-refractivity contribution >= 4 is 11.7 Å². The fraction of sp³-hybridized carbons (Fsp3) is 0.350. The van der Waals surface area contributed by atoms with Crippen LogP contribution in [0.5, 0.6) is 5.75 Å². The molecule has 0 aliphatic carbocycles. The summed E-state index contributed by atoms with van der Waals surface area (Å²) in [6.07, 6.45) is 0. The summed E-state index contributed by atoms with van der Waals surface area (Å²) in [6.45, 7) is 0.825. The summed E-state index contributed by atoms with van der Waals surface area (Å²) in [5.74, 6) is -1.22. The second-order valence-corrected chi connectivity index (χ2v) is 5.85. The van der Waals surface area contributed by atoms with E-state index < -0.39 is 11.8 Å². The average Bonchev–Trinajstić information content (AvgIpc) is 2.68. The third kappa shape index (κ3) is 5.94. The predicted molar refractivity (Wildman–Crippen MR) is 99.7 cm³/mol. The van der Waals surface area contributed by atoms with E-state index in [4.69, 9.17) is 18.9 Å². The van der Waals surface area contributed by atoms with Crippen molar-refractivity contribution in [2.24, 2.45) is 0 Å². The Kier molecular flexibility index (Phi) is 8.03. The maximum Gasteiger partial charge on any atom is 0.340 e. The average molecular weight is 377 g/mol. The molecule has 2 aromatic rings. The molecule has 0 aromatic heterocycles. The van der Waals surface area contributed by atoms with Crippen molar-refractivity contribution in [3.8, 4) is 5.75 Å². The van der Waals surface area contributed by atoms with Crippen LogP contribution >= 0.6 is 0 Å². The van der Waals surface area contributed by atoms with Gasteiger partial charge in [-0.05, 0) is 11.6 Å². The SMILES string of the molecule is COCC(COC)Nc1cc(F)c(OCc2ccccc2)cc1C(=O)OC. The Bertz CT molecular complexity index is 733. The summed E-state index contributed by atoms with van der Waals surface area (Å²) >= 11 is 0. The van der Waals surface area contributed by atoms with Crippen LogP contribution in [0.1, 0.15) is 15.9 Å². The maximum atomic E-state index is 14.5. The molecule has 0 amide bonds. The summed E-state index contributed by atoms with van der Waals surface area (Å²) in [5.41, 5.74) is 1.34. The van der Waals surface area contributed by atoms with Gasteiger partial charge >= 0.3 is 5.97 Å². The fourth-order valence-electron chi connectivity index (χ4n) is 2.55. The lowest BCUT2D eigenvalue weighted by atomic mass is 10.1. The van der Waals surface area contributed by atoms with E-state index in [2.05, 4.69) is 5.32 Å². The van der Waals surface area contributed by atoms with Crippen LogP contribution in [0.25, 0.3) is 0 Å². The first-order valence-corrected chi connectivity index (χ1v) is 8.42. The van der Waals surface area contributed by atoms with Crippen molar-refractivity contribution in [2.45, 2.75) is 12.6 Å². The Morgan fingerprint density at radius 3 is 2.33 bits per heavy atom. The summed E-state index contributed by atoms with van der Waals surface area (Å²) in [7, 11) is 4.36. The molecular weight excluding hydrogens is 353 g/mol. The molecule has 7 heteroatoms. The number of rotatable bonds is 10. The van der Waals surface area contributed by atoms with Gasteiger partial charge in [-0.1, -0.05) is 30.3 Å². The number of hydrogen-bond acceptors (Lipinski definition) is 6. The van der Waals surface area contributed by atoms with Crippen molar-refractivity contribution in [1.82, 2.24) is 0 Å². The highest BCUT2D eigenvalue weighted by Crippen LogP contribution is 2.28. The Morgan fingerprint density at radius 1 is 1.07 bits per heavy atom. The maximum absolute atomic E-state index is 14.5. The van der Waals surface area contributed by atoms with E-state index in [-0.39, 0.29) is 29.6 Å². The molecule has 0 atom stereocenters. The summed E-state index contributed by atoms with van der Waals surface area (Å²) in [4.78, 5) is 12.2. The van der Waals surface area contributed by atoms with Crippen LogP contribution in [0.15, 0.2) is 42.5 Å². The first-order chi connectivity index (χ1) is 13.1. The summed E-state index contributed by atoms with van der Waals surface area (Å²) < 4.78 is 35.2. The fourth-order valence-corrected chi connectivity index (χ4v) is 2.55. The van der Waals surface area contributed by atoms with Crippen LogP contribution in [0.4, 0.5) is 10.1 Å². The molecule has 0 spiro atoms. The molecule has 0 saturated heterocycles. The van der Waals surface area contributed by atoms with Gasteiger partial charge in [0.2, 0.25) is 0 Å². The number of carbonyl (C=O) groups is 1. The Hall–Kier alpha value is -2.64. The molecule has 27 heavy (non-hydrogen) atoms. The quantitative estimate of drug-likeness (QED) is 0.641. The molecule has 0 fully saturated rings. The number of halogens is 1. The van der Waals surface area contributed by atoms with Crippen LogP contribution in [0.2, 0.25) is 0 Å². The monoisotopic (exact) mass is 377 g/mol. The minimum atomic E-state index is -0.601. The topological polar surface area (TPSA) is 66.0 Å². The zero-order valence-electron chi connectivity index (χ0n) is 15.7. The van der Waals surface area contributed by atoms with Gasteiger partial charge in [0.05, 0.1) is 37.6 Å². The van der Waals surface area contributed by atoms with Crippen molar-refractivity contribution in [3.05, 3.63) is 59.4 Å². The van der Waals surface area contributed by atoms with E-state index in [1.54, 1.807) is 14.2 Å². The molecule has 0 unspecified atom stereocenters. The first kappa shape index (κ1) is 20.7. The number of ether oxygens (including phenoxy) is 4. The van der Waals surface area contributed by atoms with Crippen LogP contribution in [0, 0.1) is 5.82 Å². The minimum absolute atomic E-state index is 0.0279. The molecule has 2 aromatic carbocycles. The highest BCUT2D eigenvalue weighted by Gasteiger charge is 2.20. The van der Waals surface area contributed by atoms with Crippen molar-refractivity contribution in [3.63, 3.8) is 0 Å². The standard InChI is InChI=1S/C20H24FNO5/c1-24-12-15(13-25-2)22-18-10-17(21)19(9-16(18)20(23)26-3)27-11-14-7-5-4-6-8-14/h4-10,15,22H,11-13H2,1-3H3. The Labute approximate surface area is 158 Å². The summed E-state index contributed by atoms with van der Waals surface area (Å²) in [6, 6.07) is 11.6. The predicted octanol–water partition coefficient (Wildman–Crippen LogP) is 3.26. The lowest BCUT2D eigenvalue weighted by Gasteiger charge is -2.21. The largest absolute Gasteiger partial charge is 0.486 e. The molecule has 0 aliphatic rings. The lowest BCUT2D eigenvalue weighted by Crippen LogP contribution is -2.30. The second-order valence-electron chi connectivity index (χ2n) is 5.85. The van der Waals surface area contributed by atoms with E-state index in [9.17, 15) is 9.18 Å². The van der Waals surface area contributed by atoms with Crippen LogP contribution < -0.4 is 10.1 Å². The van der Waals surface area contributed by atoms with Gasteiger partial charge in [0, 0.05) is 20.3 Å². The third-order valence-corrected chi connectivity index (χ3v) is 3.81. The van der Waals surface area contributed by atoms with Crippen molar-refractivity contribution in [1.29, 1.82) is 0 Å². The number of hydrogen-bond donors (Lipinski definition) is 1. The number of anilines is 1. The van der Waals surface area contributed by atoms with E-state index in [1.807, 2.05) is 30.3 Å². The zero-order valence-corrected chi connectivity index (χ0v) is 15.7. The second kappa shape index (κ2) is 10.5. The number of methoxy groups -OCH3 is 3. The van der Waals surface area contributed by atoms with Gasteiger partial charge in [0.25, 0.3) is 0 Å². The summed E-state index contributed by atoms with van der Waals surface area (Å²) in [5, 5.41) is 3.06. The van der Waals surface area contributed by atoms with Crippen molar-refractivity contribution in [2.75, 3.05) is 39.9 Å². The van der Waals surface area contributed by atoms with Gasteiger partial charge in [-0.15, -0.1) is 0 Å². The van der Waals surface area contributed by atoms with Crippen LogP contribution in [-0.4, -0.2) is 46.6 Å². The van der Waals surface area contributed by atoms with Crippen LogP contribution in [-0.2, 0) is 20.8 Å². The lowest BCUT2D eigenvalue weighted by molar-refractivity contribution is 0.0600. The molecule has 0 aliphatic heterocycles.